The molecular weight excluding hydrogens is 426 g/mol. The summed E-state index contributed by atoms with van der Waals surface area (Å²) >= 11 is 1.49. The number of amides is 1. The predicted octanol–water partition coefficient (Wildman–Crippen LogP) is 4.86. The maximum atomic E-state index is 12.8. The Kier molecular flexibility index (Phi) is 6.65. The van der Waals surface area contributed by atoms with Crippen LogP contribution >= 0.6 is 11.3 Å². The van der Waals surface area contributed by atoms with Crippen molar-refractivity contribution < 1.29 is 14.3 Å². The van der Waals surface area contributed by atoms with Gasteiger partial charge in [0.15, 0.2) is 5.82 Å². The van der Waals surface area contributed by atoms with Crippen LogP contribution in [0.2, 0.25) is 0 Å². The number of hydrogen-bond acceptors (Lipinski definition) is 7. The summed E-state index contributed by atoms with van der Waals surface area (Å²) in [4.78, 5) is 13.6. The molecule has 1 amide bonds. The summed E-state index contributed by atoms with van der Waals surface area (Å²) in [6, 6.07) is 12.8. The first-order valence-corrected chi connectivity index (χ1v) is 11.5. The van der Waals surface area contributed by atoms with E-state index in [0.29, 0.717) is 36.0 Å². The normalized spacial score (nSPS) is 11.0. The second-order valence-corrected chi connectivity index (χ2v) is 8.01. The number of aryl methyl sites for hydroxylation is 1. The molecule has 9 heteroatoms. The number of hydrogen-bond donors (Lipinski definition) is 1. The Morgan fingerprint density at radius 2 is 1.69 bits per heavy atom. The molecule has 4 aromatic rings. The topological polar surface area (TPSA) is 90.6 Å². The fourth-order valence-corrected chi connectivity index (χ4v) is 4.12. The van der Waals surface area contributed by atoms with Gasteiger partial charge in [-0.3, -0.25) is 4.79 Å². The molecule has 2 heterocycles. The maximum absolute atomic E-state index is 12.8. The molecule has 2 aromatic heterocycles. The van der Waals surface area contributed by atoms with Crippen molar-refractivity contribution >= 4 is 27.9 Å². The summed E-state index contributed by atoms with van der Waals surface area (Å²) in [5.41, 5.74) is 2.12. The molecule has 0 fully saturated rings. The molecule has 8 nitrogen and oxygen atoms in total. The number of aromatic nitrogens is 4. The lowest BCUT2D eigenvalue weighted by molar-refractivity contribution is 0.102. The van der Waals surface area contributed by atoms with E-state index in [2.05, 4.69) is 27.5 Å². The van der Waals surface area contributed by atoms with Crippen molar-refractivity contribution in [2.24, 2.45) is 0 Å². The molecule has 0 atom stereocenters. The Morgan fingerprint density at radius 3 is 2.31 bits per heavy atom. The van der Waals surface area contributed by atoms with Crippen LogP contribution in [-0.4, -0.2) is 38.9 Å². The fourth-order valence-electron chi connectivity index (χ4n) is 3.26. The molecule has 0 aliphatic carbocycles. The highest BCUT2D eigenvalue weighted by molar-refractivity contribution is 7.19. The quantitative estimate of drug-likeness (QED) is 0.391. The van der Waals surface area contributed by atoms with Crippen LogP contribution in [0.15, 0.2) is 42.5 Å². The lowest BCUT2D eigenvalue weighted by Gasteiger charge is -2.11. The zero-order chi connectivity index (χ0) is 22.5. The number of nitrogens with zero attached hydrogens (tertiary/aromatic N) is 4. The standard InChI is InChI=1S/C23H25N5O3S/c1-4-7-20-25-26-23-28(20)27-22(32-23)15-8-10-17(11-9-15)24-21(29)16-12-18(30-5-2)14-19(13-16)31-6-3/h8-14H,4-7H2,1-3H3,(H,24,29). The summed E-state index contributed by atoms with van der Waals surface area (Å²) in [6.45, 7) is 6.92. The van der Waals surface area contributed by atoms with E-state index in [4.69, 9.17) is 9.47 Å². The molecule has 0 saturated carbocycles. The van der Waals surface area contributed by atoms with E-state index in [1.54, 1.807) is 22.7 Å². The minimum atomic E-state index is -0.233. The van der Waals surface area contributed by atoms with Gasteiger partial charge in [-0.05, 0) is 56.7 Å². The average Bonchev–Trinajstić information content (AvgIpc) is 3.37. The van der Waals surface area contributed by atoms with Gasteiger partial charge in [-0.25, -0.2) is 0 Å². The van der Waals surface area contributed by atoms with Gasteiger partial charge >= 0.3 is 0 Å². The minimum absolute atomic E-state index is 0.233. The zero-order valence-corrected chi connectivity index (χ0v) is 19.1. The summed E-state index contributed by atoms with van der Waals surface area (Å²) < 4.78 is 12.9. The van der Waals surface area contributed by atoms with Crippen LogP contribution in [0.25, 0.3) is 15.5 Å². The van der Waals surface area contributed by atoms with Gasteiger partial charge in [-0.1, -0.05) is 18.3 Å². The third-order valence-electron chi connectivity index (χ3n) is 4.68. The molecule has 32 heavy (non-hydrogen) atoms. The number of benzene rings is 2. The molecule has 2 aromatic carbocycles. The van der Waals surface area contributed by atoms with Gasteiger partial charge < -0.3 is 14.8 Å². The fraction of sp³-hybridized carbons (Fsp3) is 0.304. The molecular formula is C23H25N5O3S. The van der Waals surface area contributed by atoms with Crippen LogP contribution in [0.4, 0.5) is 5.69 Å². The van der Waals surface area contributed by atoms with Gasteiger partial charge in [0.25, 0.3) is 5.91 Å². The Morgan fingerprint density at radius 1 is 1.00 bits per heavy atom. The second kappa shape index (κ2) is 9.78. The van der Waals surface area contributed by atoms with Crippen molar-refractivity contribution in [3.63, 3.8) is 0 Å². The zero-order valence-electron chi connectivity index (χ0n) is 18.3. The van der Waals surface area contributed by atoms with E-state index in [9.17, 15) is 4.79 Å². The minimum Gasteiger partial charge on any atom is -0.494 e. The van der Waals surface area contributed by atoms with E-state index in [0.717, 1.165) is 34.2 Å². The number of fused-ring (bicyclic) bond motifs is 1. The molecule has 4 rings (SSSR count). The van der Waals surface area contributed by atoms with Crippen LogP contribution in [0.1, 0.15) is 43.4 Å². The Hall–Kier alpha value is -3.46. The van der Waals surface area contributed by atoms with Crippen molar-refractivity contribution in [3.05, 3.63) is 53.9 Å². The number of carbonyl (C=O) groups is 1. The molecule has 0 saturated heterocycles. The SMILES string of the molecule is CCCc1nnc2sc(-c3ccc(NC(=O)c4cc(OCC)cc(OCC)c4)cc3)nn12. The molecule has 1 N–H and O–H groups in total. The number of ether oxygens (including phenoxy) is 2. The van der Waals surface area contributed by atoms with Crippen LogP contribution in [0.3, 0.4) is 0 Å². The van der Waals surface area contributed by atoms with Gasteiger partial charge in [-0.15, -0.1) is 10.2 Å². The first kappa shape index (κ1) is 21.8. The summed E-state index contributed by atoms with van der Waals surface area (Å²) in [6.07, 6.45) is 1.83. The second-order valence-electron chi connectivity index (χ2n) is 7.06. The number of carbonyl (C=O) groups excluding carboxylic acids is 1. The molecule has 0 unspecified atom stereocenters. The monoisotopic (exact) mass is 451 g/mol. The van der Waals surface area contributed by atoms with E-state index < -0.39 is 0 Å². The Balaban J connectivity index is 1.51. The van der Waals surface area contributed by atoms with Gasteiger partial charge in [0.1, 0.15) is 16.5 Å². The van der Waals surface area contributed by atoms with Crippen molar-refractivity contribution in [1.29, 1.82) is 0 Å². The summed E-state index contributed by atoms with van der Waals surface area (Å²) in [5, 5.41) is 16.8. The third-order valence-corrected chi connectivity index (χ3v) is 5.63. The van der Waals surface area contributed by atoms with Crippen molar-refractivity contribution in [3.8, 4) is 22.1 Å². The average molecular weight is 452 g/mol. The Bertz CT molecular complexity index is 1190. The number of nitrogens with one attached hydrogen (secondary N) is 1. The van der Waals surface area contributed by atoms with Crippen LogP contribution in [0, 0.1) is 0 Å². The molecule has 0 radical (unpaired) electrons. The maximum Gasteiger partial charge on any atom is 0.255 e. The van der Waals surface area contributed by atoms with Crippen molar-refractivity contribution in [1.82, 2.24) is 19.8 Å². The number of anilines is 1. The van der Waals surface area contributed by atoms with Gasteiger partial charge in [0.05, 0.1) is 13.2 Å². The molecule has 166 valence electrons. The van der Waals surface area contributed by atoms with E-state index in [1.165, 1.54) is 11.3 Å². The van der Waals surface area contributed by atoms with E-state index in [1.807, 2.05) is 38.1 Å². The lowest BCUT2D eigenvalue weighted by Crippen LogP contribution is -2.12. The predicted molar refractivity (Wildman–Crippen MR) is 125 cm³/mol. The van der Waals surface area contributed by atoms with Crippen LogP contribution < -0.4 is 14.8 Å². The van der Waals surface area contributed by atoms with Gasteiger partial charge in [0, 0.05) is 29.3 Å². The largest absolute Gasteiger partial charge is 0.494 e. The molecule has 0 bridgehead atoms. The smallest absolute Gasteiger partial charge is 0.255 e. The highest BCUT2D eigenvalue weighted by Gasteiger charge is 2.14. The van der Waals surface area contributed by atoms with Crippen LogP contribution in [-0.2, 0) is 6.42 Å². The molecule has 0 spiro atoms. The molecule has 0 aliphatic heterocycles. The highest BCUT2D eigenvalue weighted by Crippen LogP contribution is 2.28. The molecule has 0 aliphatic rings. The van der Waals surface area contributed by atoms with Crippen molar-refractivity contribution in [2.75, 3.05) is 18.5 Å². The van der Waals surface area contributed by atoms with E-state index >= 15 is 0 Å². The van der Waals surface area contributed by atoms with Crippen molar-refractivity contribution in [2.45, 2.75) is 33.6 Å². The highest BCUT2D eigenvalue weighted by atomic mass is 32.1. The first-order valence-electron chi connectivity index (χ1n) is 10.6. The Labute approximate surface area is 190 Å². The third kappa shape index (κ3) is 4.72. The summed E-state index contributed by atoms with van der Waals surface area (Å²) in [7, 11) is 0. The van der Waals surface area contributed by atoms with Gasteiger partial charge in [0.2, 0.25) is 4.96 Å². The van der Waals surface area contributed by atoms with Gasteiger partial charge in [-0.2, -0.15) is 9.61 Å². The van der Waals surface area contributed by atoms with E-state index in [-0.39, 0.29) is 5.91 Å². The summed E-state index contributed by atoms with van der Waals surface area (Å²) in [5.74, 6) is 1.84. The first-order chi connectivity index (χ1) is 15.6. The lowest BCUT2D eigenvalue weighted by atomic mass is 10.1. The van der Waals surface area contributed by atoms with Crippen LogP contribution in [0.5, 0.6) is 11.5 Å². The number of rotatable bonds is 9.